The SMILES string of the molecule is CCOC(=O)C(Cc1ccccc1)NC(=O)CN1C(=O)NC(C)(c2ccc(C)cc2)C1=O. The van der Waals surface area contributed by atoms with Crippen LogP contribution in [-0.4, -0.2) is 47.9 Å². The predicted octanol–water partition coefficient (Wildman–Crippen LogP) is 2.05. The molecule has 0 spiro atoms. The van der Waals surface area contributed by atoms with Crippen molar-refractivity contribution in [3.05, 3.63) is 71.3 Å². The van der Waals surface area contributed by atoms with E-state index in [1.165, 1.54) is 0 Å². The van der Waals surface area contributed by atoms with E-state index in [2.05, 4.69) is 10.6 Å². The molecule has 2 aromatic rings. The zero-order chi connectivity index (χ0) is 23.3. The Balaban J connectivity index is 1.71. The Morgan fingerprint density at radius 2 is 1.75 bits per heavy atom. The van der Waals surface area contributed by atoms with Crippen LogP contribution < -0.4 is 10.6 Å². The highest BCUT2D eigenvalue weighted by molar-refractivity contribution is 6.09. The minimum absolute atomic E-state index is 0.169. The van der Waals surface area contributed by atoms with Gasteiger partial charge < -0.3 is 15.4 Å². The third-order valence-corrected chi connectivity index (χ3v) is 5.39. The molecule has 8 nitrogen and oxygen atoms in total. The van der Waals surface area contributed by atoms with E-state index in [-0.39, 0.29) is 13.0 Å². The van der Waals surface area contributed by atoms with Gasteiger partial charge in [-0.1, -0.05) is 60.2 Å². The van der Waals surface area contributed by atoms with E-state index in [4.69, 9.17) is 4.74 Å². The van der Waals surface area contributed by atoms with Crippen molar-refractivity contribution in [1.82, 2.24) is 15.5 Å². The number of nitrogens with one attached hydrogen (secondary N) is 2. The topological polar surface area (TPSA) is 105 Å². The number of imide groups is 1. The summed E-state index contributed by atoms with van der Waals surface area (Å²) >= 11 is 0. The summed E-state index contributed by atoms with van der Waals surface area (Å²) in [5.41, 5.74) is 1.22. The second kappa shape index (κ2) is 9.64. The quantitative estimate of drug-likeness (QED) is 0.486. The number of urea groups is 1. The van der Waals surface area contributed by atoms with Gasteiger partial charge in [-0.25, -0.2) is 9.59 Å². The van der Waals surface area contributed by atoms with Crippen molar-refractivity contribution in [2.45, 2.75) is 38.8 Å². The second-order valence-corrected chi connectivity index (χ2v) is 7.87. The molecular weight excluding hydrogens is 410 g/mol. The van der Waals surface area contributed by atoms with Gasteiger partial charge in [0.25, 0.3) is 5.91 Å². The lowest BCUT2D eigenvalue weighted by Crippen LogP contribution is -2.49. The summed E-state index contributed by atoms with van der Waals surface area (Å²) in [6, 6.07) is 14.8. The van der Waals surface area contributed by atoms with Gasteiger partial charge >= 0.3 is 12.0 Å². The largest absolute Gasteiger partial charge is 0.464 e. The molecule has 1 aliphatic rings. The predicted molar refractivity (Wildman–Crippen MR) is 117 cm³/mol. The molecule has 168 valence electrons. The van der Waals surface area contributed by atoms with Crippen molar-refractivity contribution >= 4 is 23.8 Å². The summed E-state index contributed by atoms with van der Waals surface area (Å²) in [7, 11) is 0. The van der Waals surface area contributed by atoms with Gasteiger partial charge in [0.1, 0.15) is 18.1 Å². The highest BCUT2D eigenvalue weighted by Crippen LogP contribution is 2.28. The number of rotatable bonds is 8. The summed E-state index contributed by atoms with van der Waals surface area (Å²) in [5, 5.41) is 5.28. The van der Waals surface area contributed by atoms with Gasteiger partial charge in [0.05, 0.1) is 6.61 Å². The van der Waals surface area contributed by atoms with E-state index in [1.807, 2.05) is 49.4 Å². The Bertz CT molecular complexity index is 1010. The van der Waals surface area contributed by atoms with Gasteiger partial charge in [-0.05, 0) is 31.9 Å². The van der Waals surface area contributed by atoms with Crippen LogP contribution in [0.4, 0.5) is 4.79 Å². The highest BCUT2D eigenvalue weighted by atomic mass is 16.5. The molecule has 0 aliphatic carbocycles. The van der Waals surface area contributed by atoms with E-state index in [1.54, 1.807) is 26.0 Å². The number of nitrogens with zero attached hydrogens (tertiary/aromatic N) is 1. The summed E-state index contributed by atoms with van der Waals surface area (Å²) in [5.74, 6) is -1.74. The number of amides is 4. The number of benzene rings is 2. The van der Waals surface area contributed by atoms with Crippen LogP contribution in [0.3, 0.4) is 0 Å². The number of hydrogen-bond acceptors (Lipinski definition) is 5. The van der Waals surface area contributed by atoms with Gasteiger partial charge in [-0.3, -0.25) is 14.5 Å². The maximum Gasteiger partial charge on any atom is 0.328 e. The lowest BCUT2D eigenvalue weighted by atomic mass is 9.91. The summed E-state index contributed by atoms with van der Waals surface area (Å²) in [6.45, 7) is 4.87. The smallest absolute Gasteiger partial charge is 0.328 e. The molecule has 2 unspecified atom stereocenters. The summed E-state index contributed by atoms with van der Waals surface area (Å²) in [4.78, 5) is 51.5. The Labute approximate surface area is 186 Å². The normalized spacial score (nSPS) is 18.8. The fourth-order valence-electron chi connectivity index (χ4n) is 3.59. The van der Waals surface area contributed by atoms with Crippen LogP contribution in [0.15, 0.2) is 54.6 Å². The minimum Gasteiger partial charge on any atom is -0.464 e. The molecule has 2 atom stereocenters. The van der Waals surface area contributed by atoms with Crippen LogP contribution >= 0.6 is 0 Å². The lowest BCUT2D eigenvalue weighted by Gasteiger charge is -2.23. The van der Waals surface area contributed by atoms with E-state index < -0.39 is 41.9 Å². The van der Waals surface area contributed by atoms with E-state index >= 15 is 0 Å². The van der Waals surface area contributed by atoms with Crippen LogP contribution in [0.25, 0.3) is 0 Å². The molecule has 1 saturated heterocycles. The zero-order valence-corrected chi connectivity index (χ0v) is 18.4. The minimum atomic E-state index is -1.27. The van der Waals surface area contributed by atoms with Crippen molar-refractivity contribution in [3.63, 3.8) is 0 Å². The molecule has 4 amide bonds. The first-order chi connectivity index (χ1) is 15.2. The molecule has 1 aliphatic heterocycles. The Morgan fingerprint density at radius 1 is 1.09 bits per heavy atom. The summed E-state index contributed by atoms with van der Waals surface area (Å²) < 4.78 is 5.08. The number of aryl methyl sites for hydroxylation is 1. The Kier molecular flexibility index (Phi) is 6.92. The first-order valence-electron chi connectivity index (χ1n) is 10.5. The van der Waals surface area contributed by atoms with Crippen molar-refractivity contribution in [2.75, 3.05) is 13.2 Å². The van der Waals surface area contributed by atoms with Crippen molar-refractivity contribution in [3.8, 4) is 0 Å². The van der Waals surface area contributed by atoms with Crippen LogP contribution in [0.1, 0.15) is 30.5 Å². The number of carbonyl (C=O) groups excluding carboxylic acids is 4. The second-order valence-electron chi connectivity index (χ2n) is 7.87. The number of hydrogen-bond donors (Lipinski definition) is 2. The highest BCUT2D eigenvalue weighted by Gasteiger charge is 2.49. The molecule has 0 bridgehead atoms. The van der Waals surface area contributed by atoms with E-state index in [0.29, 0.717) is 5.56 Å². The van der Waals surface area contributed by atoms with Crippen molar-refractivity contribution in [1.29, 1.82) is 0 Å². The van der Waals surface area contributed by atoms with Crippen molar-refractivity contribution < 1.29 is 23.9 Å². The summed E-state index contributed by atoms with van der Waals surface area (Å²) in [6.07, 6.45) is 0.229. The van der Waals surface area contributed by atoms with Crippen LogP contribution in [-0.2, 0) is 31.1 Å². The fourth-order valence-corrected chi connectivity index (χ4v) is 3.59. The molecule has 3 rings (SSSR count). The zero-order valence-electron chi connectivity index (χ0n) is 18.4. The third kappa shape index (κ3) is 4.96. The molecule has 1 heterocycles. The Hall–Kier alpha value is -3.68. The van der Waals surface area contributed by atoms with Gasteiger partial charge in [0, 0.05) is 6.42 Å². The average Bonchev–Trinajstić information content (AvgIpc) is 2.98. The van der Waals surface area contributed by atoms with Crippen molar-refractivity contribution in [2.24, 2.45) is 0 Å². The monoisotopic (exact) mass is 437 g/mol. The molecule has 1 fully saturated rings. The van der Waals surface area contributed by atoms with Gasteiger partial charge in [-0.15, -0.1) is 0 Å². The number of carbonyl (C=O) groups is 4. The molecule has 0 saturated carbocycles. The van der Waals surface area contributed by atoms with Gasteiger partial charge in [0.15, 0.2) is 0 Å². The molecule has 0 radical (unpaired) electrons. The first-order valence-corrected chi connectivity index (χ1v) is 10.5. The first kappa shape index (κ1) is 23.0. The van der Waals surface area contributed by atoms with E-state index in [0.717, 1.165) is 16.0 Å². The standard InChI is InChI=1S/C24H27N3O5/c1-4-32-21(29)19(14-17-8-6-5-7-9-17)25-20(28)15-27-22(30)24(3,26-23(27)31)18-12-10-16(2)11-13-18/h5-13,19H,4,14-15H2,1-3H3,(H,25,28)(H,26,31). The van der Waals surface area contributed by atoms with Gasteiger partial charge in [0.2, 0.25) is 5.91 Å². The average molecular weight is 437 g/mol. The molecule has 2 N–H and O–H groups in total. The Morgan fingerprint density at radius 3 is 2.38 bits per heavy atom. The molecule has 0 aromatic heterocycles. The maximum absolute atomic E-state index is 13.0. The molecule has 32 heavy (non-hydrogen) atoms. The molecular formula is C24H27N3O5. The van der Waals surface area contributed by atoms with Crippen LogP contribution in [0.5, 0.6) is 0 Å². The third-order valence-electron chi connectivity index (χ3n) is 5.39. The molecule has 2 aromatic carbocycles. The number of esters is 1. The van der Waals surface area contributed by atoms with Gasteiger partial charge in [-0.2, -0.15) is 0 Å². The number of ether oxygens (including phenoxy) is 1. The lowest BCUT2D eigenvalue weighted by molar-refractivity contribution is -0.147. The van der Waals surface area contributed by atoms with Crippen LogP contribution in [0.2, 0.25) is 0 Å². The fraction of sp³-hybridized carbons (Fsp3) is 0.333. The van der Waals surface area contributed by atoms with Crippen LogP contribution in [0, 0.1) is 6.92 Å². The van der Waals surface area contributed by atoms with E-state index in [9.17, 15) is 19.2 Å². The maximum atomic E-state index is 13.0. The molecule has 8 heteroatoms.